The van der Waals surface area contributed by atoms with Crippen molar-refractivity contribution in [3.8, 4) is 0 Å². The molecule has 0 aromatic heterocycles. The number of hydrogen-bond donors (Lipinski definition) is 1. The highest BCUT2D eigenvalue weighted by molar-refractivity contribution is 9.10. The van der Waals surface area contributed by atoms with Gasteiger partial charge in [0.15, 0.2) is 0 Å². The first-order valence-electron chi connectivity index (χ1n) is 4.85. The van der Waals surface area contributed by atoms with Gasteiger partial charge in [-0.2, -0.15) is 11.8 Å². The van der Waals surface area contributed by atoms with E-state index in [4.69, 9.17) is 0 Å². The smallest absolute Gasteiger partial charge is 0.295 e. The summed E-state index contributed by atoms with van der Waals surface area (Å²) in [6, 6.07) is 2.30. The molecule has 1 rings (SSSR count). The normalized spacial score (nSPS) is 12.2. The van der Waals surface area contributed by atoms with Crippen LogP contribution in [0.15, 0.2) is 16.6 Å². The maximum atomic E-state index is 13.2. The van der Waals surface area contributed by atoms with E-state index >= 15 is 0 Å². The lowest BCUT2D eigenvalue weighted by Gasteiger charge is -2.11. The molecule has 7 heteroatoms. The second-order valence-electron chi connectivity index (χ2n) is 3.47. The summed E-state index contributed by atoms with van der Waals surface area (Å²) >= 11 is 4.66. The number of hydrogen-bond acceptors (Lipinski definition) is 4. The average molecular weight is 323 g/mol. The van der Waals surface area contributed by atoms with Gasteiger partial charge in [-0.1, -0.05) is 6.92 Å². The molecule has 1 unspecified atom stereocenters. The van der Waals surface area contributed by atoms with Crippen LogP contribution in [0.3, 0.4) is 0 Å². The highest BCUT2D eigenvalue weighted by Crippen LogP contribution is 2.30. The molecule has 0 amide bonds. The van der Waals surface area contributed by atoms with E-state index in [-0.39, 0.29) is 10.2 Å². The van der Waals surface area contributed by atoms with E-state index in [0.717, 1.165) is 6.07 Å². The van der Waals surface area contributed by atoms with Crippen LogP contribution in [0.25, 0.3) is 0 Å². The lowest BCUT2D eigenvalue weighted by atomic mass is 10.2. The molecule has 1 N–H and O–H groups in total. The molecule has 94 valence electrons. The molecule has 0 spiro atoms. The first-order valence-corrected chi connectivity index (χ1v) is 6.94. The number of benzene rings is 1. The maximum Gasteiger partial charge on any atom is 0.295 e. The molecule has 1 atom stereocenters. The van der Waals surface area contributed by atoms with Crippen molar-refractivity contribution in [1.29, 1.82) is 0 Å². The predicted molar refractivity (Wildman–Crippen MR) is 72.2 cm³/mol. The van der Waals surface area contributed by atoms with Gasteiger partial charge in [0.05, 0.1) is 15.5 Å². The van der Waals surface area contributed by atoms with E-state index in [0.29, 0.717) is 17.5 Å². The van der Waals surface area contributed by atoms with Crippen molar-refractivity contribution >= 4 is 39.1 Å². The molecule has 0 fully saturated rings. The summed E-state index contributed by atoms with van der Waals surface area (Å²) in [4.78, 5) is 10.2. The van der Waals surface area contributed by atoms with Crippen molar-refractivity contribution in [2.24, 2.45) is 0 Å². The molecule has 0 saturated carbocycles. The van der Waals surface area contributed by atoms with Crippen LogP contribution in [0.1, 0.15) is 6.92 Å². The summed E-state index contributed by atoms with van der Waals surface area (Å²) in [7, 11) is 0. The van der Waals surface area contributed by atoms with E-state index in [9.17, 15) is 14.5 Å². The molecular formula is C10H12BrFN2O2S. The molecule has 17 heavy (non-hydrogen) atoms. The lowest BCUT2D eigenvalue weighted by Crippen LogP contribution is -2.13. The largest absolute Gasteiger partial charge is 0.378 e. The minimum atomic E-state index is -0.639. The third-order valence-electron chi connectivity index (χ3n) is 2.22. The van der Waals surface area contributed by atoms with E-state index in [1.807, 2.05) is 13.2 Å². The van der Waals surface area contributed by atoms with Crippen LogP contribution < -0.4 is 5.32 Å². The fourth-order valence-electron chi connectivity index (χ4n) is 1.17. The second-order valence-corrected chi connectivity index (χ2v) is 5.60. The quantitative estimate of drug-likeness (QED) is 0.664. The van der Waals surface area contributed by atoms with Gasteiger partial charge < -0.3 is 5.32 Å². The third kappa shape index (κ3) is 3.85. The molecular weight excluding hydrogens is 311 g/mol. The number of anilines is 1. The zero-order chi connectivity index (χ0) is 13.0. The van der Waals surface area contributed by atoms with Crippen LogP contribution in [0.4, 0.5) is 15.8 Å². The first-order chi connectivity index (χ1) is 7.95. The maximum absolute atomic E-state index is 13.2. The Morgan fingerprint density at radius 3 is 2.82 bits per heavy atom. The molecule has 0 aliphatic carbocycles. The summed E-state index contributed by atoms with van der Waals surface area (Å²) < 4.78 is 13.4. The molecule has 4 nitrogen and oxygen atoms in total. The molecule has 0 radical (unpaired) electrons. The number of halogens is 2. The summed E-state index contributed by atoms with van der Waals surface area (Å²) in [6.07, 6.45) is 1.96. The second kappa shape index (κ2) is 6.20. The Kier molecular flexibility index (Phi) is 5.20. The number of thioether (sulfide) groups is 1. The molecule has 0 heterocycles. The van der Waals surface area contributed by atoms with E-state index in [2.05, 4.69) is 21.2 Å². The van der Waals surface area contributed by atoms with Crippen LogP contribution in [-0.2, 0) is 0 Å². The Balaban J connectivity index is 2.96. The molecule has 0 saturated heterocycles. The van der Waals surface area contributed by atoms with Crippen LogP contribution in [-0.4, -0.2) is 23.0 Å². The number of nitrogens with one attached hydrogen (secondary N) is 1. The van der Waals surface area contributed by atoms with Gasteiger partial charge in [0.25, 0.3) is 5.69 Å². The van der Waals surface area contributed by atoms with Crippen molar-refractivity contribution < 1.29 is 9.31 Å². The molecule has 1 aromatic carbocycles. The number of nitro groups is 1. The minimum absolute atomic E-state index is 0.211. The van der Waals surface area contributed by atoms with Gasteiger partial charge in [0.1, 0.15) is 11.5 Å². The molecule has 1 aromatic rings. The van der Waals surface area contributed by atoms with Gasteiger partial charge in [-0.25, -0.2) is 4.39 Å². The van der Waals surface area contributed by atoms with Gasteiger partial charge >= 0.3 is 0 Å². The van der Waals surface area contributed by atoms with E-state index < -0.39 is 10.7 Å². The fourth-order valence-corrected chi connectivity index (χ4v) is 1.76. The Hall–Kier alpha value is -0.820. The summed E-state index contributed by atoms with van der Waals surface area (Å²) in [5.41, 5.74) is 0.0724. The average Bonchev–Trinajstić information content (AvgIpc) is 2.29. The van der Waals surface area contributed by atoms with Crippen LogP contribution in [0, 0.1) is 15.9 Å². The summed E-state index contributed by atoms with van der Waals surface area (Å²) in [6.45, 7) is 2.59. The minimum Gasteiger partial charge on any atom is -0.378 e. The Morgan fingerprint density at radius 2 is 2.29 bits per heavy atom. The van der Waals surface area contributed by atoms with Gasteiger partial charge in [-0.3, -0.25) is 10.1 Å². The highest BCUT2D eigenvalue weighted by atomic mass is 79.9. The van der Waals surface area contributed by atoms with Gasteiger partial charge in [0, 0.05) is 11.8 Å². The predicted octanol–water partition coefficient (Wildman–Crippen LogP) is 3.66. The topological polar surface area (TPSA) is 55.2 Å². The number of nitrogens with zero attached hydrogens (tertiary/aromatic N) is 1. The molecule has 0 bridgehead atoms. The zero-order valence-electron chi connectivity index (χ0n) is 9.37. The summed E-state index contributed by atoms with van der Waals surface area (Å²) in [5, 5.41) is 14.1. The standard InChI is InChI=1S/C10H12BrFN2O2S/c1-6(17-2)5-13-9-3-7(11)8(12)4-10(9)14(15)16/h3-4,6,13H,5H2,1-2H3. The summed E-state index contributed by atoms with van der Waals surface area (Å²) in [5.74, 6) is -0.639. The van der Waals surface area contributed by atoms with Crippen LogP contribution >= 0.6 is 27.7 Å². The van der Waals surface area contributed by atoms with Crippen LogP contribution in [0.5, 0.6) is 0 Å². The number of rotatable bonds is 5. The van der Waals surface area contributed by atoms with Gasteiger partial charge in [-0.15, -0.1) is 0 Å². The Bertz CT molecular complexity index is 431. The van der Waals surface area contributed by atoms with Crippen molar-refractivity contribution in [1.82, 2.24) is 0 Å². The Labute approximate surface area is 111 Å². The van der Waals surface area contributed by atoms with Gasteiger partial charge in [0.2, 0.25) is 0 Å². The molecule has 0 aliphatic rings. The Morgan fingerprint density at radius 1 is 1.65 bits per heavy atom. The van der Waals surface area contributed by atoms with Crippen molar-refractivity contribution in [3.63, 3.8) is 0 Å². The van der Waals surface area contributed by atoms with Crippen LogP contribution in [0.2, 0.25) is 0 Å². The van der Waals surface area contributed by atoms with Gasteiger partial charge in [-0.05, 0) is 28.3 Å². The van der Waals surface area contributed by atoms with Crippen molar-refractivity contribution in [2.75, 3.05) is 18.1 Å². The van der Waals surface area contributed by atoms with E-state index in [1.165, 1.54) is 6.07 Å². The van der Waals surface area contributed by atoms with E-state index in [1.54, 1.807) is 11.8 Å². The van der Waals surface area contributed by atoms with Crippen molar-refractivity contribution in [3.05, 3.63) is 32.5 Å². The molecule has 0 aliphatic heterocycles. The monoisotopic (exact) mass is 322 g/mol. The first kappa shape index (κ1) is 14.2. The van der Waals surface area contributed by atoms with Crippen molar-refractivity contribution in [2.45, 2.75) is 12.2 Å². The zero-order valence-corrected chi connectivity index (χ0v) is 11.8. The number of nitro benzene ring substituents is 1. The fraction of sp³-hybridized carbons (Fsp3) is 0.400. The highest BCUT2D eigenvalue weighted by Gasteiger charge is 2.17. The SMILES string of the molecule is CSC(C)CNc1cc(Br)c(F)cc1[N+](=O)[O-]. The third-order valence-corrected chi connectivity index (χ3v) is 3.80. The lowest BCUT2D eigenvalue weighted by molar-refractivity contribution is -0.384.